The quantitative estimate of drug-likeness (QED) is 0.196. The van der Waals surface area contributed by atoms with Crippen molar-refractivity contribution in [3.05, 3.63) is 100 Å². The molecule has 1 heterocycles. The lowest BCUT2D eigenvalue weighted by molar-refractivity contribution is -0.114. The van der Waals surface area contributed by atoms with Crippen LogP contribution >= 0.6 is 0 Å². The highest BCUT2D eigenvalue weighted by Gasteiger charge is 2.27. The molecule has 5 N–H and O–H groups in total. The van der Waals surface area contributed by atoms with Gasteiger partial charge in [0.15, 0.2) is 0 Å². The molecule has 0 spiro atoms. The van der Waals surface area contributed by atoms with Gasteiger partial charge in [-0.1, -0.05) is 31.2 Å². The molecule has 4 rings (SSSR count). The molecule has 0 bridgehead atoms. The molecule has 0 fully saturated rings. The minimum absolute atomic E-state index is 0.0239. The number of aromatic amines is 1. The average Bonchev–Trinajstić information content (AvgIpc) is 3.24. The number of nitrogens with one attached hydrogen (secondary N) is 3. The van der Waals surface area contributed by atoms with E-state index in [4.69, 9.17) is 10.5 Å². The first kappa shape index (κ1) is 28.8. The van der Waals surface area contributed by atoms with E-state index in [2.05, 4.69) is 28.6 Å². The zero-order valence-electron chi connectivity index (χ0n) is 22.2. The van der Waals surface area contributed by atoms with Gasteiger partial charge in [0, 0.05) is 43.0 Å². The molecule has 2 atom stereocenters. The lowest BCUT2D eigenvalue weighted by atomic mass is 10.0. The summed E-state index contributed by atoms with van der Waals surface area (Å²) >= 11 is 0. The van der Waals surface area contributed by atoms with Crippen LogP contribution in [0, 0.1) is 17.5 Å². The molecule has 0 aliphatic heterocycles. The first-order chi connectivity index (χ1) is 19.1. The van der Waals surface area contributed by atoms with Crippen molar-refractivity contribution in [1.82, 2.24) is 10.3 Å². The van der Waals surface area contributed by atoms with Crippen molar-refractivity contribution in [3.8, 4) is 0 Å². The van der Waals surface area contributed by atoms with Crippen LogP contribution in [0.4, 0.5) is 18.9 Å². The van der Waals surface area contributed by atoms with Crippen LogP contribution in [0.2, 0.25) is 0 Å². The van der Waals surface area contributed by atoms with E-state index in [0.29, 0.717) is 23.0 Å². The Kier molecular flexibility index (Phi) is 9.23. The molecule has 0 radical (unpaired) electrons. The Morgan fingerprint density at radius 2 is 1.68 bits per heavy atom. The number of carbonyl (C=O) groups is 2. The average molecular weight is 553 g/mol. The topological polar surface area (TPSA) is 109 Å². The number of aryl methyl sites for hydroxylation is 1. The molecule has 0 unspecified atom stereocenters. The SMILES string of the molecule is CCc1cccc(CNC[C@H](OC(=O)c2[nH]c3ccc(F)cc3c2NC(C)=O)[C@@H](N)Cc2cc(F)cc(F)c2)c1. The number of benzene rings is 3. The molecule has 1 aromatic heterocycles. The summed E-state index contributed by atoms with van der Waals surface area (Å²) in [6, 6.07) is 14.1. The zero-order chi connectivity index (χ0) is 28.8. The van der Waals surface area contributed by atoms with E-state index in [1.54, 1.807) is 0 Å². The number of hydrogen-bond donors (Lipinski definition) is 4. The van der Waals surface area contributed by atoms with Gasteiger partial charge >= 0.3 is 5.97 Å². The monoisotopic (exact) mass is 552 g/mol. The third-order valence-corrected chi connectivity index (χ3v) is 6.47. The fourth-order valence-electron chi connectivity index (χ4n) is 4.55. The number of esters is 1. The standard InChI is InChI=1S/C30H31F3N4O3/c1-3-18-5-4-6-19(9-18)15-35-16-27(25(34)12-20-10-22(32)13-23(33)11-20)40-30(39)29-28(36-17(2)38)24-14-21(31)7-8-26(24)37-29/h4-11,13-14,25,27,35,37H,3,12,15-16,34H2,1-2H3,(H,36,38)/t25-,27-/m0/s1. The van der Waals surface area contributed by atoms with Gasteiger partial charge in [0.25, 0.3) is 0 Å². The van der Waals surface area contributed by atoms with Crippen molar-refractivity contribution in [2.75, 3.05) is 11.9 Å². The smallest absolute Gasteiger partial charge is 0.357 e. The Morgan fingerprint density at radius 3 is 2.38 bits per heavy atom. The Bertz CT molecular complexity index is 1500. The molecule has 10 heteroatoms. The van der Waals surface area contributed by atoms with Crippen LogP contribution in [-0.2, 0) is 28.9 Å². The summed E-state index contributed by atoms with van der Waals surface area (Å²) in [5, 5.41) is 6.11. The molecule has 0 saturated carbocycles. The zero-order valence-corrected chi connectivity index (χ0v) is 22.2. The summed E-state index contributed by atoms with van der Waals surface area (Å²) in [5.41, 5.74) is 9.34. The second-order valence-corrected chi connectivity index (χ2v) is 9.64. The number of hydrogen-bond acceptors (Lipinski definition) is 5. The Hall–Kier alpha value is -4.15. The van der Waals surface area contributed by atoms with Gasteiger partial charge < -0.3 is 26.1 Å². The number of halogens is 3. The molecule has 0 aliphatic rings. The second kappa shape index (κ2) is 12.8. The minimum Gasteiger partial charge on any atom is -0.455 e. The molecule has 4 aromatic rings. The van der Waals surface area contributed by atoms with Gasteiger partial charge in [0.1, 0.15) is 29.2 Å². The van der Waals surface area contributed by atoms with Crippen LogP contribution in [0.1, 0.15) is 41.0 Å². The van der Waals surface area contributed by atoms with E-state index in [0.717, 1.165) is 18.1 Å². The van der Waals surface area contributed by atoms with E-state index >= 15 is 0 Å². The molecule has 0 aliphatic carbocycles. The van der Waals surface area contributed by atoms with Crippen LogP contribution in [-0.4, -0.2) is 35.6 Å². The molecular formula is C30H31F3N4O3. The third kappa shape index (κ3) is 7.28. The number of fused-ring (bicyclic) bond motifs is 1. The van der Waals surface area contributed by atoms with Gasteiger partial charge in [-0.3, -0.25) is 4.79 Å². The van der Waals surface area contributed by atoms with Crippen LogP contribution in [0.25, 0.3) is 10.9 Å². The van der Waals surface area contributed by atoms with Crippen LogP contribution in [0.3, 0.4) is 0 Å². The summed E-state index contributed by atoms with van der Waals surface area (Å²) in [5.74, 6) is -3.32. The molecule has 1 amide bonds. The van der Waals surface area contributed by atoms with Gasteiger partial charge in [-0.05, 0) is 59.9 Å². The van der Waals surface area contributed by atoms with Crippen LogP contribution in [0.15, 0.2) is 60.7 Å². The van der Waals surface area contributed by atoms with E-state index in [1.807, 2.05) is 18.2 Å². The lowest BCUT2D eigenvalue weighted by Crippen LogP contribution is -2.46. The maximum absolute atomic E-state index is 14.0. The Labute approximate surface area is 229 Å². The van der Waals surface area contributed by atoms with E-state index in [-0.39, 0.29) is 24.3 Å². The lowest BCUT2D eigenvalue weighted by Gasteiger charge is -2.25. The number of anilines is 1. The van der Waals surface area contributed by atoms with E-state index < -0.39 is 41.5 Å². The van der Waals surface area contributed by atoms with Crippen molar-refractivity contribution in [3.63, 3.8) is 0 Å². The highest BCUT2D eigenvalue weighted by atomic mass is 19.1. The number of nitrogens with two attached hydrogens (primary N) is 1. The number of carbonyl (C=O) groups excluding carboxylic acids is 2. The number of H-pyrrole nitrogens is 1. The molecule has 0 saturated heterocycles. The van der Waals surface area contributed by atoms with Gasteiger partial charge in [-0.25, -0.2) is 18.0 Å². The first-order valence-electron chi connectivity index (χ1n) is 12.9. The number of rotatable bonds is 11. The predicted octanol–water partition coefficient (Wildman–Crippen LogP) is 4.99. The van der Waals surface area contributed by atoms with Gasteiger partial charge in [0.05, 0.1) is 5.69 Å². The van der Waals surface area contributed by atoms with Crippen molar-refractivity contribution < 1.29 is 27.5 Å². The Balaban J connectivity index is 1.58. The summed E-state index contributed by atoms with van der Waals surface area (Å²) < 4.78 is 47.4. The second-order valence-electron chi connectivity index (χ2n) is 9.64. The maximum Gasteiger partial charge on any atom is 0.357 e. The number of ether oxygens (including phenoxy) is 1. The van der Waals surface area contributed by atoms with Gasteiger partial charge in [-0.15, -0.1) is 0 Å². The fourth-order valence-corrected chi connectivity index (χ4v) is 4.55. The van der Waals surface area contributed by atoms with Crippen molar-refractivity contribution in [2.45, 2.75) is 45.4 Å². The highest BCUT2D eigenvalue weighted by Crippen LogP contribution is 2.29. The summed E-state index contributed by atoms with van der Waals surface area (Å²) in [4.78, 5) is 28.1. The van der Waals surface area contributed by atoms with Crippen LogP contribution < -0.4 is 16.4 Å². The third-order valence-electron chi connectivity index (χ3n) is 6.47. The fraction of sp³-hybridized carbons (Fsp3) is 0.267. The van der Waals surface area contributed by atoms with Crippen molar-refractivity contribution in [2.24, 2.45) is 5.73 Å². The minimum atomic E-state index is -0.929. The predicted molar refractivity (Wildman–Crippen MR) is 147 cm³/mol. The van der Waals surface area contributed by atoms with E-state index in [9.17, 15) is 22.8 Å². The van der Waals surface area contributed by atoms with Gasteiger partial charge in [0.2, 0.25) is 5.91 Å². The van der Waals surface area contributed by atoms with E-state index in [1.165, 1.54) is 42.8 Å². The first-order valence-corrected chi connectivity index (χ1v) is 12.9. The summed E-state index contributed by atoms with van der Waals surface area (Å²) in [7, 11) is 0. The number of amides is 1. The molecule has 210 valence electrons. The molecule has 40 heavy (non-hydrogen) atoms. The normalized spacial score (nSPS) is 12.8. The Morgan fingerprint density at radius 1 is 0.950 bits per heavy atom. The van der Waals surface area contributed by atoms with Crippen LogP contribution in [0.5, 0.6) is 0 Å². The van der Waals surface area contributed by atoms with Gasteiger partial charge in [-0.2, -0.15) is 0 Å². The highest BCUT2D eigenvalue weighted by molar-refractivity contribution is 6.10. The molecule has 7 nitrogen and oxygen atoms in total. The number of aromatic nitrogens is 1. The maximum atomic E-state index is 14.0. The molecule has 3 aromatic carbocycles. The summed E-state index contributed by atoms with van der Waals surface area (Å²) in [6.07, 6.45) is -0.0221. The largest absolute Gasteiger partial charge is 0.455 e. The van der Waals surface area contributed by atoms with Crippen molar-refractivity contribution >= 4 is 28.5 Å². The van der Waals surface area contributed by atoms with Crippen molar-refractivity contribution in [1.29, 1.82) is 0 Å². The summed E-state index contributed by atoms with van der Waals surface area (Å²) in [6.45, 7) is 3.92. The molecular weight excluding hydrogens is 521 g/mol.